The summed E-state index contributed by atoms with van der Waals surface area (Å²) >= 11 is 2.27. The molecular formula is C18H27IN2O3. The average molecular weight is 446 g/mol. The third-order valence-electron chi connectivity index (χ3n) is 3.98. The number of benzene rings is 1. The maximum absolute atomic E-state index is 12.1. The van der Waals surface area contributed by atoms with Crippen molar-refractivity contribution in [3.8, 4) is 5.75 Å². The van der Waals surface area contributed by atoms with E-state index in [-0.39, 0.29) is 6.09 Å². The zero-order chi connectivity index (χ0) is 17.7. The van der Waals surface area contributed by atoms with Crippen molar-refractivity contribution in [3.63, 3.8) is 0 Å². The lowest BCUT2D eigenvalue weighted by molar-refractivity contribution is 0.0165. The molecule has 6 heteroatoms. The summed E-state index contributed by atoms with van der Waals surface area (Å²) in [5.74, 6) is 1.32. The highest BCUT2D eigenvalue weighted by Crippen LogP contribution is 2.24. The van der Waals surface area contributed by atoms with Crippen molar-refractivity contribution < 1.29 is 14.3 Å². The van der Waals surface area contributed by atoms with E-state index in [1.54, 1.807) is 4.90 Å². The standard InChI is InChI=1S/C18H27IN2O3/c1-18(2,3)24-17(22)21-8-6-13(7-9-21)12-23-16-5-4-15(19)10-14(16)11-20/h4-5,10,13H,6-9,11-12,20H2,1-3H3. The highest BCUT2D eigenvalue weighted by atomic mass is 127. The van der Waals surface area contributed by atoms with Gasteiger partial charge in [-0.15, -0.1) is 0 Å². The van der Waals surface area contributed by atoms with E-state index in [0.717, 1.165) is 40.8 Å². The van der Waals surface area contributed by atoms with E-state index >= 15 is 0 Å². The fraction of sp³-hybridized carbons (Fsp3) is 0.611. The largest absolute Gasteiger partial charge is 0.493 e. The number of likely N-dealkylation sites (tertiary alicyclic amines) is 1. The minimum absolute atomic E-state index is 0.218. The number of amides is 1. The van der Waals surface area contributed by atoms with Gasteiger partial charge in [-0.25, -0.2) is 4.79 Å². The summed E-state index contributed by atoms with van der Waals surface area (Å²) in [5, 5.41) is 0. The first-order chi connectivity index (χ1) is 11.3. The van der Waals surface area contributed by atoms with Crippen LogP contribution in [0.5, 0.6) is 5.75 Å². The Morgan fingerprint density at radius 2 is 2.00 bits per heavy atom. The van der Waals surface area contributed by atoms with Crippen LogP contribution in [0, 0.1) is 9.49 Å². The van der Waals surface area contributed by atoms with Gasteiger partial charge in [0.05, 0.1) is 6.61 Å². The summed E-state index contributed by atoms with van der Waals surface area (Å²) in [5.41, 5.74) is 6.38. The van der Waals surface area contributed by atoms with Crippen LogP contribution in [-0.4, -0.2) is 36.3 Å². The van der Waals surface area contributed by atoms with E-state index < -0.39 is 5.60 Å². The van der Waals surface area contributed by atoms with Crippen LogP contribution in [0.3, 0.4) is 0 Å². The van der Waals surface area contributed by atoms with Gasteiger partial charge < -0.3 is 20.1 Å². The van der Waals surface area contributed by atoms with Crippen molar-refractivity contribution in [1.82, 2.24) is 4.90 Å². The molecule has 0 bridgehead atoms. The Hall–Kier alpha value is -1.02. The molecule has 24 heavy (non-hydrogen) atoms. The van der Waals surface area contributed by atoms with E-state index in [9.17, 15) is 4.79 Å². The molecule has 1 amide bonds. The fourth-order valence-corrected chi connectivity index (χ4v) is 3.22. The molecule has 0 radical (unpaired) electrons. The van der Waals surface area contributed by atoms with Gasteiger partial charge in [0.15, 0.2) is 0 Å². The summed E-state index contributed by atoms with van der Waals surface area (Å²) in [6.45, 7) is 8.25. The number of carbonyl (C=O) groups excluding carboxylic acids is 1. The number of hydrogen-bond acceptors (Lipinski definition) is 4. The highest BCUT2D eigenvalue weighted by Gasteiger charge is 2.27. The van der Waals surface area contributed by atoms with Gasteiger partial charge in [-0.2, -0.15) is 0 Å². The molecule has 5 nitrogen and oxygen atoms in total. The predicted octanol–water partition coefficient (Wildman–Crippen LogP) is 3.78. The Morgan fingerprint density at radius 1 is 1.33 bits per heavy atom. The van der Waals surface area contributed by atoms with Crippen molar-refractivity contribution in [2.45, 2.75) is 45.8 Å². The monoisotopic (exact) mass is 446 g/mol. The molecule has 1 aliphatic heterocycles. The number of rotatable bonds is 4. The van der Waals surface area contributed by atoms with Crippen LogP contribution in [0.25, 0.3) is 0 Å². The molecule has 0 saturated carbocycles. The Bertz CT molecular complexity index is 564. The van der Waals surface area contributed by atoms with Gasteiger partial charge in [0.2, 0.25) is 0 Å². The smallest absolute Gasteiger partial charge is 0.410 e. The molecule has 1 saturated heterocycles. The lowest BCUT2D eigenvalue weighted by Gasteiger charge is -2.33. The first-order valence-corrected chi connectivity index (χ1v) is 9.45. The van der Waals surface area contributed by atoms with Crippen LogP contribution < -0.4 is 10.5 Å². The summed E-state index contributed by atoms with van der Waals surface area (Å²) < 4.78 is 12.6. The zero-order valence-electron chi connectivity index (χ0n) is 14.7. The van der Waals surface area contributed by atoms with Crippen molar-refractivity contribution in [1.29, 1.82) is 0 Å². The third kappa shape index (κ3) is 5.81. The molecule has 0 atom stereocenters. The van der Waals surface area contributed by atoms with Gasteiger partial charge in [-0.1, -0.05) is 0 Å². The molecule has 0 aliphatic carbocycles. The second-order valence-corrected chi connectivity index (χ2v) is 8.42. The Morgan fingerprint density at radius 3 is 2.58 bits per heavy atom. The van der Waals surface area contributed by atoms with Gasteiger partial charge in [0.1, 0.15) is 11.4 Å². The highest BCUT2D eigenvalue weighted by molar-refractivity contribution is 14.1. The lowest BCUT2D eigenvalue weighted by Crippen LogP contribution is -2.42. The summed E-state index contributed by atoms with van der Waals surface area (Å²) in [4.78, 5) is 13.9. The lowest BCUT2D eigenvalue weighted by atomic mass is 9.98. The molecule has 0 aromatic heterocycles. The van der Waals surface area contributed by atoms with E-state index in [2.05, 4.69) is 28.7 Å². The van der Waals surface area contributed by atoms with Gasteiger partial charge >= 0.3 is 6.09 Å². The normalized spacial score (nSPS) is 16.1. The first kappa shape index (κ1) is 19.3. The summed E-state index contributed by atoms with van der Waals surface area (Å²) in [7, 11) is 0. The van der Waals surface area contributed by atoms with Crippen molar-refractivity contribution in [3.05, 3.63) is 27.3 Å². The van der Waals surface area contributed by atoms with Gasteiger partial charge in [-0.3, -0.25) is 0 Å². The Kier molecular flexibility index (Phi) is 6.74. The number of halogens is 1. The molecule has 134 valence electrons. The van der Waals surface area contributed by atoms with Crippen LogP contribution in [0.4, 0.5) is 4.79 Å². The van der Waals surface area contributed by atoms with Gasteiger partial charge in [0.25, 0.3) is 0 Å². The van der Waals surface area contributed by atoms with Crippen molar-refractivity contribution >= 4 is 28.7 Å². The topological polar surface area (TPSA) is 64.8 Å². The molecule has 0 spiro atoms. The number of piperidine rings is 1. The number of hydrogen-bond donors (Lipinski definition) is 1. The quantitative estimate of drug-likeness (QED) is 0.716. The van der Waals surface area contributed by atoms with E-state index in [1.807, 2.05) is 32.9 Å². The van der Waals surface area contributed by atoms with E-state index in [4.69, 9.17) is 15.2 Å². The molecular weight excluding hydrogens is 419 g/mol. The molecule has 0 unspecified atom stereocenters. The van der Waals surface area contributed by atoms with Crippen LogP contribution in [0.15, 0.2) is 18.2 Å². The Balaban J connectivity index is 1.80. The maximum Gasteiger partial charge on any atom is 0.410 e. The molecule has 1 aromatic rings. The third-order valence-corrected chi connectivity index (χ3v) is 4.65. The molecule has 1 aromatic carbocycles. The van der Waals surface area contributed by atoms with Crippen LogP contribution in [-0.2, 0) is 11.3 Å². The molecule has 1 fully saturated rings. The molecule has 2 N–H and O–H groups in total. The number of carbonyl (C=O) groups is 1. The van der Waals surface area contributed by atoms with Crippen LogP contribution >= 0.6 is 22.6 Å². The molecule has 1 heterocycles. The first-order valence-electron chi connectivity index (χ1n) is 8.37. The van der Waals surface area contributed by atoms with Gasteiger partial charge in [-0.05, 0) is 80.3 Å². The minimum Gasteiger partial charge on any atom is -0.493 e. The number of nitrogens with zero attached hydrogens (tertiary/aromatic N) is 1. The van der Waals surface area contributed by atoms with Crippen molar-refractivity contribution in [2.75, 3.05) is 19.7 Å². The molecule has 2 rings (SSSR count). The second-order valence-electron chi connectivity index (χ2n) is 7.18. The molecule has 1 aliphatic rings. The second kappa shape index (κ2) is 8.38. The average Bonchev–Trinajstić information content (AvgIpc) is 2.52. The van der Waals surface area contributed by atoms with Crippen LogP contribution in [0.2, 0.25) is 0 Å². The maximum atomic E-state index is 12.1. The van der Waals surface area contributed by atoms with Crippen molar-refractivity contribution in [2.24, 2.45) is 11.7 Å². The number of ether oxygens (including phenoxy) is 2. The fourth-order valence-electron chi connectivity index (χ4n) is 2.66. The summed E-state index contributed by atoms with van der Waals surface area (Å²) in [6, 6.07) is 6.07. The minimum atomic E-state index is -0.444. The van der Waals surface area contributed by atoms with Crippen LogP contribution in [0.1, 0.15) is 39.2 Å². The Labute approximate surface area is 158 Å². The number of nitrogens with two attached hydrogens (primary N) is 1. The summed E-state index contributed by atoms with van der Waals surface area (Å²) in [6.07, 6.45) is 1.65. The zero-order valence-corrected chi connectivity index (χ0v) is 16.8. The van der Waals surface area contributed by atoms with E-state index in [1.165, 1.54) is 0 Å². The SMILES string of the molecule is CC(C)(C)OC(=O)N1CCC(COc2ccc(I)cc2CN)CC1. The predicted molar refractivity (Wildman–Crippen MR) is 103 cm³/mol. The van der Waals surface area contributed by atoms with E-state index in [0.29, 0.717) is 19.1 Å². The van der Waals surface area contributed by atoms with Gasteiger partial charge in [0, 0.05) is 28.8 Å².